The highest BCUT2D eigenvalue weighted by Crippen LogP contribution is 2.32. The number of nitrogens with two attached hydrogens (primary N) is 1. The zero-order valence-electron chi connectivity index (χ0n) is 23.4. The number of anilines is 1. The first-order valence-electron chi connectivity index (χ1n) is 13.1. The Labute approximate surface area is 247 Å². The minimum absolute atomic E-state index is 0. The fourth-order valence-corrected chi connectivity index (χ4v) is 5.12. The van der Waals surface area contributed by atoms with Crippen LogP contribution in [0.1, 0.15) is 30.5 Å². The van der Waals surface area contributed by atoms with E-state index in [0.717, 1.165) is 34.1 Å². The highest BCUT2D eigenvalue weighted by atomic mass is 35.5. The molecule has 1 heterocycles. The van der Waals surface area contributed by atoms with Crippen molar-refractivity contribution in [1.29, 1.82) is 0 Å². The molecular formula is C30H37ClN4O5S. The number of hydrogen-bond acceptors (Lipinski definition) is 6. The van der Waals surface area contributed by atoms with E-state index in [0.29, 0.717) is 31.8 Å². The lowest BCUT2D eigenvalue weighted by molar-refractivity contribution is -0.140. The first kappa shape index (κ1) is 32.1. The van der Waals surface area contributed by atoms with Crippen molar-refractivity contribution in [2.24, 2.45) is 5.73 Å². The van der Waals surface area contributed by atoms with Crippen molar-refractivity contribution < 1.29 is 22.7 Å². The molecule has 0 spiro atoms. The number of ether oxygens (including phenoxy) is 1. The van der Waals surface area contributed by atoms with E-state index < -0.39 is 27.5 Å². The Hall–Kier alpha value is -3.44. The van der Waals surface area contributed by atoms with Crippen LogP contribution >= 0.6 is 12.4 Å². The first-order chi connectivity index (χ1) is 18.9. The summed E-state index contributed by atoms with van der Waals surface area (Å²) < 4.78 is 32.1. The fourth-order valence-electron chi connectivity index (χ4n) is 4.54. The second kappa shape index (κ2) is 13.5. The lowest BCUT2D eigenvalue weighted by Crippen LogP contribution is -2.58. The van der Waals surface area contributed by atoms with Gasteiger partial charge in [-0.15, -0.1) is 12.4 Å². The highest BCUT2D eigenvalue weighted by Gasteiger charge is 2.32. The second-order valence-corrected chi connectivity index (χ2v) is 12.4. The van der Waals surface area contributed by atoms with Crippen LogP contribution in [-0.4, -0.2) is 56.1 Å². The number of nitrogens with one attached hydrogen (secondary N) is 2. The number of rotatable bonds is 10. The zero-order chi connectivity index (χ0) is 28.9. The largest absolute Gasteiger partial charge is 0.374 e. The third-order valence-electron chi connectivity index (χ3n) is 6.65. The third kappa shape index (κ3) is 8.77. The smallest absolute Gasteiger partial charge is 0.247 e. The van der Waals surface area contributed by atoms with Crippen LogP contribution in [0, 0.1) is 0 Å². The van der Waals surface area contributed by atoms with Crippen LogP contribution in [0.2, 0.25) is 0 Å². The average Bonchev–Trinajstić information content (AvgIpc) is 2.91. The fraction of sp³-hybridized carbons (Fsp3) is 0.333. The third-order valence-corrected chi connectivity index (χ3v) is 7.24. The van der Waals surface area contributed by atoms with Gasteiger partial charge in [-0.3, -0.25) is 14.3 Å². The number of fused-ring (bicyclic) bond motifs is 1. The molecule has 2 amide bonds. The van der Waals surface area contributed by atoms with Crippen LogP contribution in [0.15, 0.2) is 72.8 Å². The SMILES string of the molecule is CC(C)(N)C(=O)NC(COCc1ccccc1)C(=O)N1CCc2cc(-c3ccccc3NS(C)(=O)=O)ccc2C1.Cl. The molecule has 0 saturated carbocycles. The van der Waals surface area contributed by atoms with Crippen molar-refractivity contribution in [2.45, 2.75) is 45.0 Å². The molecule has 220 valence electrons. The van der Waals surface area contributed by atoms with Crippen LogP contribution in [0.25, 0.3) is 11.1 Å². The number of benzene rings is 3. The molecule has 9 nitrogen and oxygen atoms in total. The van der Waals surface area contributed by atoms with Crippen molar-refractivity contribution in [1.82, 2.24) is 10.2 Å². The minimum atomic E-state index is -3.43. The van der Waals surface area contributed by atoms with E-state index >= 15 is 0 Å². The van der Waals surface area contributed by atoms with Crippen LogP contribution in [0.3, 0.4) is 0 Å². The van der Waals surface area contributed by atoms with Gasteiger partial charge < -0.3 is 20.7 Å². The number of sulfonamides is 1. The van der Waals surface area contributed by atoms with E-state index in [2.05, 4.69) is 10.0 Å². The van der Waals surface area contributed by atoms with Crippen LogP contribution in [0.5, 0.6) is 0 Å². The van der Waals surface area contributed by atoms with E-state index in [4.69, 9.17) is 10.5 Å². The summed E-state index contributed by atoms with van der Waals surface area (Å²) in [5.41, 5.74) is 10.0. The molecule has 11 heteroatoms. The second-order valence-electron chi connectivity index (χ2n) is 10.7. The maximum Gasteiger partial charge on any atom is 0.247 e. The first-order valence-corrected chi connectivity index (χ1v) is 15.0. The summed E-state index contributed by atoms with van der Waals surface area (Å²) in [7, 11) is -3.43. The van der Waals surface area contributed by atoms with Crippen LogP contribution in [0.4, 0.5) is 5.69 Å². The normalized spacial score (nSPS) is 13.9. The molecule has 0 aliphatic carbocycles. The summed E-state index contributed by atoms with van der Waals surface area (Å²) in [4.78, 5) is 28.0. The van der Waals surface area contributed by atoms with Gasteiger partial charge in [-0.25, -0.2) is 8.42 Å². The molecule has 3 aromatic rings. The molecule has 41 heavy (non-hydrogen) atoms. The summed E-state index contributed by atoms with van der Waals surface area (Å²) >= 11 is 0. The quantitative estimate of drug-likeness (QED) is 0.327. The Kier molecular flexibility index (Phi) is 10.5. The van der Waals surface area contributed by atoms with Crippen LogP contribution in [-0.2, 0) is 43.9 Å². The number of hydrogen-bond donors (Lipinski definition) is 3. The van der Waals surface area contributed by atoms with Gasteiger partial charge >= 0.3 is 0 Å². The molecule has 0 radical (unpaired) electrons. The number of para-hydroxylation sites is 1. The summed E-state index contributed by atoms with van der Waals surface area (Å²) in [6.45, 7) is 4.36. The summed E-state index contributed by atoms with van der Waals surface area (Å²) in [6.07, 6.45) is 1.74. The van der Waals surface area contributed by atoms with Crippen LogP contribution < -0.4 is 15.8 Å². The number of nitrogens with zero attached hydrogens (tertiary/aromatic N) is 1. The molecule has 1 aliphatic rings. The van der Waals surface area contributed by atoms with Gasteiger partial charge in [-0.1, -0.05) is 66.7 Å². The van der Waals surface area contributed by atoms with Crippen molar-refractivity contribution in [3.05, 3.63) is 89.5 Å². The molecule has 0 aromatic heterocycles. The summed E-state index contributed by atoms with van der Waals surface area (Å²) in [6, 6.07) is 21.9. The number of halogens is 1. The van der Waals surface area contributed by atoms with Gasteiger partial charge in [0.15, 0.2) is 0 Å². The van der Waals surface area contributed by atoms with Gasteiger partial charge in [0.2, 0.25) is 21.8 Å². The zero-order valence-corrected chi connectivity index (χ0v) is 25.1. The van der Waals surface area contributed by atoms with Crippen molar-refractivity contribution in [3.8, 4) is 11.1 Å². The van der Waals surface area contributed by atoms with Crippen molar-refractivity contribution in [2.75, 3.05) is 24.1 Å². The van der Waals surface area contributed by atoms with E-state index in [-0.39, 0.29) is 24.9 Å². The van der Waals surface area contributed by atoms with Gasteiger partial charge in [-0.2, -0.15) is 0 Å². The van der Waals surface area contributed by atoms with Gasteiger partial charge in [0.25, 0.3) is 0 Å². The molecule has 1 aliphatic heterocycles. The molecule has 1 unspecified atom stereocenters. The summed E-state index contributed by atoms with van der Waals surface area (Å²) in [5.74, 6) is -0.666. The molecule has 1 atom stereocenters. The van der Waals surface area contributed by atoms with E-state index in [1.807, 2.05) is 60.7 Å². The lowest BCUT2D eigenvalue weighted by Gasteiger charge is -2.33. The van der Waals surface area contributed by atoms with Gasteiger partial charge in [-0.05, 0) is 48.6 Å². The number of carbonyl (C=O) groups is 2. The Morgan fingerprint density at radius 3 is 2.39 bits per heavy atom. The summed E-state index contributed by atoms with van der Waals surface area (Å²) in [5, 5.41) is 2.78. The molecule has 0 bridgehead atoms. The minimum Gasteiger partial charge on any atom is -0.374 e. The topological polar surface area (TPSA) is 131 Å². The maximum absolute atomic E-state index is 13.6. The van der Waals surface area contributed by atoms with Crippen molar-refractivity contribution >= 4 is 39.9 Å². The average molecular weight is 601 g/mol. The number of amides is 2. The number of carbonyl (C=O) groups excluding carboxylic acids is 2. The van der Waals surface area contributed by atoms with Crippen molar-refractivity contribution in [3.63, 3.8) is 0 Å². The molecule has 0 saturated heterocycles. The van der Waals surface area contributed by atoms with Gasteiger partial charge in [0, 0.05) is 18.7 Å². The molecular weight excluding hydrogens is 564 g/mol. The lowest BCUT2D eigenvalue weighted by atomic mass is 9.93. The Balaban J connectivity index is 0.00000462. The standard InChI is InChI=1S/C30H36N4O5S.ClH/c1-30(2,31)29(36)32-27(20-39-19-21-9-5-4-6-10-21)28(35)34-16-15-22-17-23(13-14-24(22)18-34)25-11-7-8-12-26(25)33-40(3,37)38;/h4-14,17,27,33H,15-16,18-20,31H2,1-3H3,(H,32,36);1H. The predicted molar refractivity (Wildman–Crippen MR) is 163 cm³/mol. The van der Waals surface area contributed by atoms with Gasteiger partial charge in [0.05, 0.1) is 30.7 Å². The molecule has 0 fully saturated rings. The Bertz CT molecular complexity index is 1480. The maximum atomic E-state index is 13.6. The van der Waals surface area contributed by atoms with E-state index in [1.165, 1.54) is 0 Å². The molecule has 4 rings (SSSR count). The molecule has 3 aromatic carbocycles. The molecule has 4 N–H and O–H groups in total. The Morgan fingerprint density at radius 2 is 1.71 bits per heavy atom. The van der Waals surface area contributed by atoms with E-state index in [9.17, 15) is 18.0 Å². The van der Waals surface area contributed by atoms with Gasteiger partial charge in [0.1, 0.15) is 6.04 Å². The highest BCUT2D eigenvalue weighted by molar-refractivity contribution is 7.92. The monoisotopic (exact) mass is 600 g/mol. The Morgan fingerprint density at radius 1 is 1.02 bits per heavy atom. The predicted octanol–water partition coefficient (Wildman–Crippen LogP) is 3.47. The van der Waals surface area contributed by atoms with E-state index in [1.54, 1.807) is 30.9 Å².